The Morgan fingerprint density at radius 1 is 1.43 bits per heavy atom. The van der Waals surface area contributed by atoms with Gasteiger partial charge in [-0.25, -0.2) is 0 Å². The molecule has 14 heavy (non-hydrogen) atoms. The molecule has 3 nitrogen and oxygen atoms in total. The predicted octanol–water partition coefficient (Wildman–Crippen LogP) is 1.69. The highest BCUT2D eigenvalue weighted by Crippen LogP contribution is 2.20. The number of benzene rings is 1. The largest absolute Gasteiger partial charge is 0.464 e. The second kappa shape index (κ2) is 3.82. The van der Waals surface area contributed by atoms with Gasteiger partial charge in [0, 0.05) is 11.9 Å². The van der Waals surface area contributed by atoms with Crippen molar-refractivity contribution in [1.29, 1.82) is 0 Å². The quantitative estimate of drug-likeness (QED) is 0.776. The lowest BCUT2D eigenvalue weighted by molar-refractivity contribution is 0.178. The maximum absolute atomic E-state index is 9.71. The van der Waals surface area contributed by atoms with Crippen LogP contribution in [0.2, 0.25) is 0 Å². The summed E-state index contributed by atoms with van der Waals surface area (Å²) in [6.07, 6.45) is 1.17. The van der Waals surface area contributed by atoms with Crippen LogP contribution in [0.1, 0.15) is 11.7 Å². The van der Waals surface area contributed by atoms with Gasteiger partial charge in [-0.2, -0.15) is 0 Å². The number of fused-ring (bicyclic) bond motifs is 1. The van der Waals surface area contributed by atoms with Gasteiger partial charge in [0.25, 0.3) is 0 Å². The molecule has 0 saturated carbocycles. The van der Waals surface area contributed by atoms with Crippen LogP contribution in [0.4, 0.5) is 0 Å². The fraction of sp³-hybridized carbons (Fsp3) is 0.273. The summed E-state index contributed by atoms with van der Waals surface area (Å²) in [6, 6.07) is 7.65. The van der Waals surface area contributed by atoms with Crippen LogP contribution in [0, 0.1) is 0 Å². The highest BCUT2D eigenvalue weighted by Gasteiger charge is 2.07. The topological polar surface area (TPSA) is 45.4 Å². The van der Waals surface area contributed by atoms with Crippen molar-refractivity contribution in [3.8, 4) is 0 Å². The van der Waals surface area contributed by atoms with Crippen LogP contribution in [0.3, 0.4) is 0 Å². The first-order valence-corrected chi connectivity index (χ1v) is 4.61. The third kappa shape index (κ3) is 1.64. The van der Waals surface area contributed by atoms with E-state index >= 15 is 0 Å². The van der Waals surface area contributed by atoms with Crippen LogP contribution < -0.4 is 5.32 Å². The van der Waals surface area contributed by atoms with Gasteiger partial charge < -0.3 is 14.8 Å². The fourth-order valence-corrected chi connectivity index (χ4v) is 1.49. The molecule has 0 bridgehead atoms. The summed E-state index contributed by atoms with van der Waals surface area (Å²) in [5.41, 5.74) is 1.69. The van der Waals surface area contributed by atoms with Gasteiger partial charge in [0.15, 0.2) is 0 Å². The van der Waals surface area contributed by atoms with Crippen molar-refractivity contribution >= 4 is 11.0 Å². The molecular formula is C11H13NO2. The molecule has 2 rings (SSSR count). The molecule has 0 saturated heterocycles. The van der Waals surface area contributed by atoms with Crippen LogP contribution in [0.15, 0.2) is 34.9 Å². The van der Waals surface area contributed by atoms with Crippen molar-refractivity contribution in [2.45, 2.75) is 6.10 Å². The molecule has 1 heterocycles. The van der Waals surface area contributed by atoms with Crippen molar-refractivity contribution in [3.05, 3.63) is 36.1 Å². The van der Waals surface area contributed by atoms with Gasteiger partial charge in [-0.1, -0.05) is 12.1 Å². The molecule has 1 unspecified atom stereocenters. The highest BCUT2D eigenvalue weighted by atomic mass is 16.3. The number of hydrogen-bond acceptors (Lipinski definition) is 3. The molecule has 0 radical (unpaired) electrons. The monoisotopic (exact) mass is 191 g/mol. The normalized spacial score (nSPS) is 13.3. The smallest absolute Gasteiger partial charge is 0.134 e. The second-order valence-electron chi connectivity index (χ2n) is 3.29. The van der Waals surface area contributed by atoms with Gasteiger partial charge in [0.05, 0.1) is 12.4 Å². The van der Waals surface area contributed by atoms with E-state index in [0.29, 0.717) is 6.54 Å². The van der Waals surface area contributed by atoms with Crippen molar-refractivity contribution in [1.82, 2.24) is 5.32 Å². The maximum atomic E-state index is 9.71. The molecule has 0 amide bonds. The summed E-state index contributed by atoms with van der Waals surface area (Å²) in [5, 5.41) is 13.7. The highest BCUT2D eigenvalue weighted by molar-refractivity contribution is 5.77. The molecule has 1 aromatic carbocycles. The molecule has 0 fully saturated rings. The molecule has 0 spiro atoms. The number of likely N-dealkylation sites (N-methyl/N-ethyl adjacent to an activating group) is 1. The fourth-order valence-electron chi connectivity index (χ4n) is 1.49. The van der Waals surface area contributed by atoms with Gasteiger partial charge in [0.1, 0.15) is 5.58 Å². The van der Waals surface area contributed by atoms with E-state index in [2.05, 4.69) is 5.32 Å². The van der Waals surface area contributed by atoms with Crippen LogP contribution in [0.5, 0.6) is 0 Å². The van der Waals surface area contributed by atoms with E-state index in [0.717, 1.165) is 16.5 Å². The van der Waals surface area contributed by atoms with E-state index in [1.807, 2.05) is 31.3 Å². The van der Waals surface area contributed by atoms with Gasteiger partial charge >= 0.3 is 0 Å². The maximum Gasteiger partial charge on any atom is 0.134 e. The first-order valence-electron chi connectivity index (χ1n) is 4.61. The lowest BCUT2D eigenvalue weighted by atomic mass is 10.1. The van der Waals surface area contributed by atoms with Crippen LogP contribution in [-0.4, -0.2) is 18.7 Å². The Morgan fingerprint density at radius 3 is 3.07 bits per heavy atom. The number of furan rings is 1. The van der Waals surface area contributed by atoms with E-state index < -0.39 is 6.10 Å². The van der Waals surface area contributed by atoms with E-state index in [4.69, 9.17) is 4.42 Å². The zero-order chi connectivity index (χ0) is 9.97. The summed E-state index contributed by atoms with van der Waals surface area (Å²) < 4.78 is 5.26. The Balaban J connectivity index is 2.33. The Labute approximate surface area is 82.3 Å². The first-order chi connectivity index (χ1) is 6.81. The van der Waals surface area contributed by atoms with Gasteiger partial charge in [0.2, 0.25) is 0 Å². The summed E-state index contributed by atoms with van der Waals surface area (Å²) in [5.74, 6) is 0. The summed E-state index contributed by atoms with van der Waals surface area (Å²) in [6.45, 7) is 0.548. The lowest BCUT2D eigenvalue weighted by Gasteiger charge is -2.09. The van der Waals surface area contributed by atoms with Crippen molar-refractivity contribution in [2.75, 3.05) is 13.6 Å². The summed E-state index contributed by atoms with van der Waals surface area (Å²) in [4.78, 5) is 0. The van der Waals surface area contributed by atoms with E-state index in [9.17, 15) is 5.11 Å². The Kier molecular flexibility index (Phi) is 2.52. The molecule has 0 aliphatic rings. The minimum absolute atomic E-state index is 0.477. The Morgan fingerprint density at radius 2 is 2.29 bits per heavy atom. The zero-order valence-corrected chi connectivity index (χ0v) is 8.03. The molecule has 2 aromatic rings. The SMILES string of the molecule is CNCC(O)c1ccc2ccoc2c1. The van der Waals surface area contributed by atoms with E-state index in [1.165, 1.54) is 0 Å². The third-order valence-corrected chi connectivity index (χ3v) is 2.26. The first kappa shape index (κ1) is 9.24. The standard InChI is InChI=1S/C11H13NO2/c1-12-7-10(13)9-3-2-8-4-5-14-11(8)6-9/h2-6,10,12-13H,7H2,1H3. The average molecular weight is 191 g/mol. The van der Waals surface area contributed by atoms with Gasteiger partial charge in [-0.05, 0) is 24.7 Å². The molecular weight excluding hydrogens is 178 g/mol. The number of hydrogen-bond donors (Lipinski definition) is 2. The minimum Gasteiger partial charge on any atom is -0.464 e. The summed E-state index contributed by atoms with van der Waals surface area (Å²) >= 11 is 0. The lowest BCUT2D eigenvalue weighted by Crippen LogP contribution is -2.16. The molecule has 3 heteroatoms. The van der Waals surface area contributed by atoms with Gasteiger partial charge in [-0.15, -0.1) is 0 Å². The second-order valence-corrected chi connectivity index (χ2v) is 3.29. The average Bonchev–Trinajstić information content (AvgIpc) is 2.64. The Bertz CT molecular complexity index is 422. The molecule has 0 aliphatic heterocycles. The van der Waals surface area contributed by atoms with Crippen molar-refractivity contribution < 1.29 is 9.52 Å². The molecule has 1 aromatic heterocycles. The molecule has 74 valence electrons. The van der Waals surface area contributed by atoms with Crippen molar-refractivity contribution in [3.63, 3.8) is 0 Å². The third-order valence-electron chi connectivity index (χ3n) is 2.26. The van der Waals surface area contributed by atoms with Crippen LogP contribution in [0.25, 0.3) is 11.0 Å². The summed E-state index contributed by atoms with van der Waals surface area (Å²) in [7, 11) is 1.81. The number of aliphatic hydroxyl groups is 1. The van der Waals surface area contributed by atoms with Gasteiger partial charge in [-0.3, -0.25) is 0 Å². The Hall–Kier alpha value is -1.32. The van der Waals surface area contributed by atoms with E-state index in [1.54, 1.807) is 6.26 Å². The predicted molar refractivity (Wildman–Crippen MR) is 55.1 cm³/mol. The van der Waals surface area contributed by atoms with E-state index in [-0.39, 0.29) is 0 Å². The number of rotatable bonds is 3. The van der Waals surface area contributed by atoms with Crippen molar-refractivity contribution in [2.24, 2.45) is 0 Å². The van der Waals surface area contributed by atoms with Crippen LogP contribution >= 0.6 is 0 Å². The number of nitrogens with one attached hydrogen (secondary N) is 1. The zero-order valence-electron chi connectivity index (χ0n) is 8.03. The minimum atomic E-state index is -0.477. The number of aliphatic hydroxyl groups excluding tert-OH is 1. The molecule has 2 N–H and O–H groups in total. The molecule has 1 atom stereocenters. The molecule has 0 aliphatic carbocycles. The van der Waals surface area contributed by atoms with Crippen LogP contribution in [-0.2, 0) is 0 Å².